The number of alkyl halides is 3. The van der Waals surface area contributed by atoms with Crippen molar-refractivity contribution in [1.29, 1.82) is 0 Å². The van der Waals surface area contributed by atoms with Crippen LogP contribution >= 0.6 is 0 Å². The largest absolute Gasteiger partial charge is 0.467 e. The highest BCUT2D eigenvalue weighted by Gasteiger charge is 2.30. The molecule has 0 atom stereocenters. The molecule has 1 N–H and O–H groups in total. The summed E-state index contributed by atoms with van der Waals surface area (Å²) < 4.78 is 62.7. The summed E-state index contributed by atoms with van der Waals surface area (Å²) in [6, 6.07) is 12.5. The Bertz CT molecular complexity index is 1150. The fourth-order valence-corrected chi connectivity index (χ4v) is 3.60. The van der Waals surface area contributed by atoms with Gasteiger partial charge in [-0.3, -0.25) is 4.79 Å². The number of nitrogens with zero attached hydrogens (tertiary/aromatic N) is 2. The third kappa shape index (κ3) is 8.91. The summed E-state index contributed by atoms with van der Waals surface area (Å²) in [5.74, 6) is -0.277. The number of carbonyl (C=O) groups is 2. The molecule has 0 unspecified atom stereocenters. The van der Waals surface area contributed by atoms with Crippen LogP contribution in [0.4, 0.5) is 28.0 Å². The molecule has 0 saturated heterocycles. The highest BCUT2D eigenvalue weighted by Crippen LogP contribution is 2.29. The summed E-state index contributed by atoms with van der Waals surface area (Å²) in [5.41, 5.74) is 0.000951. The van der Waals surface area contributed by atoms with Crippen LogP contribution in [0.1, 0.15) is 30.2 Å². The molecule has 0 spiro atoms. The van der Waals surface area contributed by atoms with Gasteiger partial charge in [0.25, 0.3) is 0 Å². The van der Waals surface area contributed by atoms with Crippen molar-refractivity contribution < 1.29 is 36.3 Å². The zero-order valence-corrected chi connectivity index (χ0v) is 20.8. The Balaban J connectivity index is 1.74. The van der Waals surface area contributed by atoms with Gasteiger partial charge >= 0.3 is 12.2 Å². The summed E-state index contributed by atoms with van der Waals surface area (Å²) >= 11 is 0. The van der Waals surface area contributed by atoms with Crippen LogP contribution in [0.2, 0.25) is 0 Å². The van der Waals surface area contributed by atoms with E-state index < -0.39 is 29.5 Å². The Morgan fingerprint density at radius 3 is 2.29 bits per heavy atom. The van der Waals surface area contributed by atoms with Crippen molar-refractivity contribution in [3.8, 4) is 0 Å². The zero-order valence-electron chi connectivity index (χ0n) is 20.8. The molecule has 0 saturated carbocycles. The second-order valence-electron chi connectivity index (χ2n) is 8.43. The van der Waals surface area contributed by atoms with Crippen LogP contribution in [-0.2, 0) is 28.8 Å². The lowest BCUT2D eigenvalue weighted by molar-refractivity contribution is -0.137. The van der Waals surface area contributed by atoms with Crippen LogP contribution in [0, 0.1) is 5.82 Å². The fraction of sp³-hybridized carbons (Fsp3) is 0.333. The molecule has 0 aliphatic heterocycles. The molecule has 3 amide bonds. The van der Waals surface area contributed by atoms with E-state index in [0.717, 1.165) is 24.3 Å². The molecule has 0 aliphatic carbocycles. The second kappa shape index (κ2) is 13.6. The molecule has 204 valence electrons. The van der Waals surface area contributed by atoms with Crippen molar-refractivity contribution in [2.24, 2.45) is 0 Å². The van der Waals surface area contributed by atoms with Crippen LogP contribution in [0.5, 0.6) is 0 Å². The smallest absolute Gasteiger partial charge is 0.416 e. The molecular formula is C27H29F4N3O4. The Morgan fingerprint density at radius 1 is 0.974 bits per heavy atom. The first-order valence-electron chi connectivity index (χ1n) is 12.0. The summed E-state index contributed by atoms with van der Waals surface area (Å²) in [5, 5.41) is 2.56. The van der Waals surface area contributed by atoms with Crippen molar-refractivity contribution in [3.63, 3.8) is 0 Å². The van der Waals surface area contributed by atoms with Gasteiger partial charge in [-0.2, -0.15) is 13.2 Å². The molecule has 1 aromatic heterocycles. The number of ether oxygens (including phenoxy) is 1. The maximum absolute atomic E-state index is 13.4. The first-order chi connectivity index (χ1) is 18.2. The highest BCUT2D eigenvalue weighted by atomic mass is 19.4. The van der Waals surface area contributed by atoms with E-state index >= 15 is 0 Å². The van der Waals surface area contributed by atoms with Gasteiger partial charge in [-0.25, -0.2) is 9.18 Å². The SMILES string of the molecule is CCOCCCN(CC(=O)N(Cc1ccc(F)cc1)Cc1ccco1)C(=O)Nc1ccc(C(F)(F)F)cc1. The number of hydrogen-bond donors (Lipinski definition) is 1. The number of furan rings is 1. The third-order valence-corrected chi connectivity index (χ3v) is 5.56. The maximum Gasteiger partial charge on any atom is 0.416 e. The van der Waals surface area contributed by atoms with Crippen LogP contribution in [0.25, 0.3) is 0 Å². The van der Waals surface area contributed by atoms with Gasteiger partial charge in [0.15, 0.2) is 0 Å². The molecule has 2 aromatic carbocycles. The van der Waals surface area contributed by atoms with Crippen molar-refractivity contribution in [2.45, 2.75) is 32.6 Å². The molecule has 7 nitrogen and oxygen atoms in total. The van der Waals surface area contributed by atoms with Gasteiger partial charge in [-0.15, -0.1) is 0 Å². The summed E-state index contributed by atoms with van der Waals surface area (Å²) in [7, 11) is 0. The molecule has 38 heavy (non-hydrogen) atoms. The average Bonchev–Trinajstić information content (AvgIpc) is 3.39. The molecule has 0 fully saturated rings. The number of amides is 3. The first kappa shape index (κ1) is 28.7. The number of halogens is 4. The fourth-order valence-electron chi connectivity index (χ4n) is 3.60. The number of hydrogen-bond acceptors (Lipinski definition) is 4. The standard InChI is InChI=1S/C27H29F4N3O4/c1-2-37-15-4-14-33(26(36)32-23-12-8-21(9-13-23)27(29,30)31)19-25(35)34(18-24-5-3-16-38-24)17-20-6-10-22(28)11-7-20/h3,5-13,16H,2,4,14-15,17-19H2,1H3,(H,32,36). The molecule has 11 heteroatoms. The van der Waals surface area contributed by atoms with Gasteiger partial charge in [-0.1, -0.05) is 12.1 Å². The van der Waals surface area contributed by atoms with E-state index in [-0.39, 0.29) is 31.9 Å². The topological polar surface area (TPSA) is 75.0 Å². The van der Waals surface area contributed by atoms with Gasteiger partial charge in [0, 0.05) is 32.0 Å². The van der Waals surface area contributed by atoms with Gasteiger partial charge in [0.05, 0.1) is 18.4 Å². The summed E-state index contributed by atoms with van der Waals surface area (Å²) in [6.07, 6.45) is -2.58. The average molecular weight is 536 g/mol. The van der Waals surface area contributed by atoms with E-state index in [9.17, 15) is 27.2 Å². The first-order valence-corrected chi connectivity index (χ1v) is 12.0. The van der Waals surface area contributed by atoms with E-state index in [1.54, 1.807) is 24.3 Å². The maximum atomic E-state index is 13.4. The van der Waals surface area contributed by atoms with Crippen LogP contribution in [0.15, 0.2) is 71.3 Å². The van der Waals surface area contributed by atoms with Gasteiger partial charge in [-0.05, 0) is 67.4 Å². The number of nitrogens with one attached hydrogen (secondary N) is 1. The minimum atomic E-state index is -4.50. The lowest BCUT2D eigenvalue weighted by Crippen LogP contribution is -2.44. The highest BCUT2D eigenvalue weighted by molar-refractivity contribution is 5.92. The van der Waals surface area contributed by atoms with Gasteiger partial charge < -0.3 is 24.3 Å². The van der Waals surface area contributed by atoms with Crippen molar-refractivity contribution in [1.82, 2.24) is 9.80 Å². The third-order valence-electron chi connectivity index (χ3n) is 5.56. The van der Waals surface area contributed by atoms with Gasteiger partial charge in [0.2, 0.25) is 5.91 Å². The molecule has 3 rings (SSSR count). The van der Waals surface area contributed by atoms with E-state index in [1.807, 2.05) is 6.92 Å². The quantitative estimate of drug-likeness (QED) is 0.231. The summed E-state index contributed by atoms with van der Waals surface area (Å²) in [4.78, 5) is 29.2. The lowest BCUT2D eigenvalue weighted by Gasteiger charge is -2.27. The normalized spacial score (nSPS) is 11.3. The second-order valence-corrected chi connectivity index (χ2v) is 8.43. The number of anilines is 1. The Hall–Kier alpha value is -3.86. The Morgan fingerprint density at radius 2 is 1.68 bits per heavy atom. The van der Waals surface area contributed by atoms with Crippen LogP contribution in [0.3, 0.4) is 0 Å². The number of benzene rings is 2. The molecule has 3 aromatic rings. The number of urea groups is 1. The molecule has 0 bridgehead atoms. The zero-order chi connectivity index (χ0) is 27.5. The minimum Gasteiger partial charge on any atom is -0.467 e. The number of rotatable bonds is 12. The van der Waals surface area contributed by atoms with E-state index in [2.05, 4.69) is 5.32 Å². The lowest BCUT2D eigenvalue weighted by atomic mass is 10.2. The van der Waals surface area contributed by atoms with Crippen LogP contribution < -0.4 is 5.32 Å². The van der Waals surface area contributed by atoms with Crippen molar-refractivity contribution in [2.75, 3.05) is 31.6 Å². The molecule has 0 aliphatic rings. The van der Waals surface area contributed by atoms with E-state index in [0.29, 0.717) is 31.0 Å². The molecule has 1 heterocycles. The van der Waals surface area contributed by atoms with Gasteiger partial charge in [0.1, 0.15) is 18.1 Å². The Labute approximate surface area is 218 Å². The predicted molar refractivity (Wildman–Crippen MR) is 133 cm³/mol. The minimum absolute atomic E-state index is 0.122. The van der Waals surface area contributed by atoms with Crippen molar-refractivity contribution >= 4 is 17.6 Å². The monoisotopic (exact) mass is 535 g/mol. The van der Waals surface area contributed by atoms with E-state index in [4.69, 9.17) is 9.15 Å². The summed E-state index contributed by atoms with van der Waals surface area (Å²) in [6.45, 7) is 2.82. The Kier molecular flexibility index (Phi) is 10.3. The molecular weight excluding hydrogens is 506 g/mol. The molecule has 0 radical (unpaired) electrons. The predicted octanol–water partition coefficient (Wildman–Crippen LogP) is 5.93. The number of carbonyl (C=O) groups excluding carboxylic acids is 2. The van der Waals surface area contributed by atoms with Crippen molar-refractivity contribution in [3.05, 3.63) is 89.6 Å². The van der Waals surface area contributed by atoms with E-state index in [1.165, 1.54) is 28.2 Å². The van der Waals surface area contributed by atoms with Crippen LogP contribution in [-0.4, -0.2) is 48.0 Å².